The fourth-order valence-corrected chi connectivity index (χ4v) is 2.35. The molecule has 4 aromatic rings. The number of pyridine rings is 1. The second-order valence-corrected chi connectivity index (χ2v) is 5.50. The number of ether oxygens (including phenoxy) is 1. The van der Waals surface area contributed by atoms with E-state index in [1.807, 2.05) is 24.3 Å². The van der Waals surface area contributed by atoms with Crippen molar-refractivity contribution < 1.29 is 9.84 Å². The zero-order valence-corrected chi connectivity index (χ0v) is 13.6. The molecule has 2 aromatic carbocycles. The Morgan fingerprint density at radius 3 is 2.23 bits per heavy atom. The van der Waals surface area contributed by atoms with E-state index in [0.717, 1.165) is 22.7 Å². The summed E-state index contributed by atoms with van der Waals surface area (Å²) in [6, 6.07) is 17.8. The van der Waals surface area contributed by atoms with Gasteiger partial charge in [-0.3, -0.25) is 4.98 Å². The van der Waals surface area contributed by atoms with Crippen LogP contribution in [0, 0.1) is 0 Å². The lowest BCUT2D eigenvalue weighted by molar-refractivity contribution is 0.475. The molecule has 0 aliphatic carbocycles. The van der Waals surface area contributed by atoms with E-state index in [-0.39, 0.29) is 5.75 Å². The second kappa shape index (κ2) is 6.94. The Hall–Kier alpha value is -3.87. The van der Waals surface area contributed by atoms with E-state index in [4.69, 9.17) is 4.74 Å². The van der Waals surface area contributed by atoms with Crippen molar-refractivity contribution in [3.63, 3.8) is 0 Å². The molecule has 3 N–H and O–H groups in total. The SMILES string of the molecule is Oc1ccc(Nc2nnc(-c3ccc(Oc4ccncc4)cc3)[nH]2)cc1. The third kappa shape index (κ3) is 3.62. The highest BCUT2D eigenvalue weighted by Gasteiger charge is 2.06. The van der Waals surface area contributed by atoms with Gasteiger partial charge in [0.1, 0.15) is 17.2 Å². The molecule has 0 saturated carbocycles. The number of aromatic hydroxyl groups is 1. The van der Waals surface area contributed by atoms with E-state index in [9.17, 15) is 5.11 Å². The quantitative estimate of drug-likeness (QED) is 0.471. The molecular weight excluding hydrogens is 330 g/mol. The first kappa shape index (κ1) is 15.6. The molecule has 0 radical (unpaired) electrons. The van der Waals surface area contributed by atoms with Gasteiger partial charge in [-0.1, -0.05) is 0 Å². The summed E-state index contributed by atoms with van der Waals surface area (Å²) in [6.45, 7) is 0. The molecule has 26 heavy (non-hydrogen) atoms. The molecule has 0 spiro atoms. The first-order chi connectivity index (χ1) is 12.8. The molecule has 0 aliphatic rings. The van der Waals surface area contributed by atoms with Gasteiger partial charge in [0, 0.05) is 23.6 Å². The fourth-order valence-electron chi connectivity index (χ4n) is 2.35. The summed E-state index contributed by atoms with van der Waals surface area (Å²) < 4.78 is 5.74. The molecule has 2 aromatic heterocycles. The number of anilines is 2. The fraction of sp³-hybridized carbons (Fsp3) is 0. The largest absolute Gasteiger partial charge is 0.508 e. The van der Waals surface area contributed by atoms with Crippen molar-refractivity contribution in [2.45, 2.75) is 0 Å². The standard InChI is InChI=1S/C19H15N5O2/c25-15-5-3-14(4-6-15)21-19-22-18(23-24-19)13-1-7-16(8-2-13)26-17-9-11-20-12-10-17/h1-12,25H,(H2,21,22,23,24). The second-order valence-electron chi connectivity index (χ2n) is 5.50. The first-order valence-electron chi connectivity index (χ1n) is 7.93. The molecule has 2 heterocycles. The topological polar surface area (TPSA) is 95.9 Å². The summed E-state index contributed by atoms with van der Waals surface area (Å²) in [5.41, 5.74) is 1.69. The van der Waals surface area contributed by atoms with E-state index in [2.05, 4.69) is 25.5 Å². The minimum Gasteiger partial charge on any atom is -0.508 e. The molecule has 0 atom stereocenters. The average Bonchev–Trinajstić information content (AvgIpc) is 3.14. The average molecular weight is 345 g/mol. The Balaban J connectivity index is 1.46. The van der Waals surface area contributed by atoms with Gasteiger partial charge < -0.3 is 20.1 Å². The van der Waals surface area contributed by atoms with Crippen LogP contribution < -0.4 is 10.1 Å². The Labute approximate surface area is 149 Å². The lowest BCUT2D eigenvalue weighted by atomic mass is 10.2. The maximum Gasteiger partial charge on any atom is 0.226 e. The molecule has 0 unspecified atom stereocenters. The van der Waals surface area contributed by atoms with Gasteiger partial charge in [-0.2, -0.15) is 0 Å². The van der Waals surface area contributed by atoms with E-state index >= 15 is 0 Å². The van der Waals surface area contributed by atoms with Gasteiger partial charge in [0.25, 0.3) is 0 Å². The predicted octanol–water partition coefficient (Wildman–Crippen LogP) is 4.11. The van der Waals surface area contributed by atoms with Crippen LogP contribution in [0.25, 0.3) is 11.4 Å². The number of aromatic amines is 1. The highest BCUT2D eigenvalue weighted by Crippen LogP contribution is 2.25. The molecule has 128 valence electrons. The Morgan fingerprint density at radius 2 is 1.50 bits per heavy atom. The molecule has 0 aliphatic heterocycles. The number of phenolic OH excluding ortho intramolecular Hbond substituents is 1. The monoisotopic (exact) mass is 345 g/mol. The Morgan fingerprint density at radius 1 is 0.808 bits per heavy atom. The highest BCUT2D eigenvalue weighted by atomic mass is 16.5. The van der Waals surface area contributed by atoms with Crippen molar-refractivity contribution in [2.24, 2.45) is 0 Å². The van der Waals surface area contributed by atoms with Crippen LogP contribution in [-0.2, 0) is 0 Å². The van der Waals surface area contributed by atoms with Crippen molar-refractivity contribution >= 4 is 11.6 Å². The van der Waals surface area contributed by atoms with Crippen LogP contribution in [-0.4, -0.2) is 25.3 Å². The lowest BCUT2D eigenvalue weighted by Gasteiger charge is -2.05. The van der Waals surface area contributed by atoms with Gasteiger partial charge in [-0.05, 0) is 60.7 Å². The number of benzene rings is 2. The van der Waals surface area contributed by atoms with Crippen molar-refractivity contribution in [2.75, 3.05) is 5.32 Å². The van der Waals surface area contributed by atoms with Crippen molar-refractivity contribution in [3.8, 4) is 28.6 Å². The zero-order valence-electron chi connectivity index (χ0n) is 13.6. The number of aromatic nitrogens is 4. The number of rotatable bonds is 5. The zero-order chi connectivity index (χ0) is 17.8. The first-order valence-corrected chi connectivity index (χ1v) is 7.93. The summed E-state index contributed by atoms with van der Waals surface area (Å²) in [5, 5.41) is 20.6. The minimum absolute atomic E-state index is 0.211. The summed E-state index contributed by atoms with van der Waals surface area (Å²) in [7, 11) is 0. The van der Waals surface area contributed by atoms with Crippen molar-refractivity contribution in [1.29, 1.82) is 0 Å². The van der Waals surface area contributed by atoms with Gasteiger partial charge in [-0.15, -0.1) is 10.2 Å². The minimum atomic E-state index is 0.211. The van der Waals surface area contributed by atoms with Crippen LogP contribution in [0.2, 0.25) is 0 Å². The number of H-pyrrole nitrogens is 1. The van der Waals surface area contributed by atoms with Crippen molar-refractivity contribution in [3.05, 3.63) is 73.1 Å². The molecule has 0 amide bonds. The number of phenols is 1. The van der Waals surface area contributed by atoms with E-state index < -0.39 is 0 Å². The number of nitrogens with zero attached hydrogens (tertiary/aromatic N) is 3. The lowest BCUT2D eigenvalue weighted by Crippen LogP contribution is -1.91. The van der Waals surface area contributed by atoms with Gasteiger partial charge >= 0.3 is 0 Å². The van der Waals surface area contributed by atoms with E-state index in [1.54, 1.807) is 48.8 Å². The maximum absolute atomic E-state index is 9.31. The Kier molecular flexibility index (Phi) is 4.17. The molecule has 7 nitrogen and oxygen atoms in total. The molecule has 7 heteroatoms. The number of hydrogen-bond donors (Lipinski definition) is 3. The maximum atomic E-state index is 9.31. The summed E-state index contributed by atoms with van der Waals surface area (Å²) in [4.78, 5) is 7.08. The summed E-state index contributed by atoms with van der Waals surface area (Å²) in [6.07, 6.45) is 3.36. The van der Waals surface area contributed by atoms with E-state index in [1.165, 1.54) is 0 Å². The Bertz CT molecular complexity index is 983. The van der Waals surface area contributed by atoms with Crippen LogP contribution >= 0.6 is 0 Å². The third-order valence-electron chi connectivity index (χ3n) is 3.63. The predicted molar refractivity (Wildman–Crippen MR) is 97.5 cm³/mol. The molecule has 4 rings (SSSR count). The van der Waals surface area contributed by atoms with Gasteiger partial charge in [0.2, 0.25) is 5.95 Å². The highest BCUT2D eigenvalue weighted by molar-refractivity contribution is 5.60. The van der Waals surface area contributed by atoms with Gasteiger partial charge in [0.05, 0.1) is 0 Å². The molecule has 0 fully saturated rings. The molecular formula is C19H15N5O2. The van der Waals surface area contributed by atoms with E-state index in [0.29, 0.717) is 11.8 Å². The summed E-state index contributed by atoms with van der Waals surface area (Å²) >= 11 is 0. The third-order valence-corrected chi connectivity index (χ3v) is 3.63. The molecule has 0 bridgehead atoms. The normalized spacial score (nSPS) is 10.5. The summed E-state index contributed by atoms with van der Waals surface area (Å²) in [5.74, 6) is 2.82. The molecule has 0 saturated heterocycles. The van der Waals surface area contributed by atoms with Gasteiger partial charge in [-0.25, -0.2) is 0 Å². The number of nitrogens with one attached hydrogen (secondary N) is 2. The van der Waals surface area contributed by atoms with Crippen LogP contribution in [0.1, 0.15) is 0 Å². The van der Waals surface area contributed by atoms with Crippen LogP contribution in [0.15, 0.2) is 73.1 Å². The van der Waals surface area contributed by atoms with Crippen molar-refractivity contribution in [1.82, 2.24) is 20.2 Å². The van der Waals surface area contributed by atoms with Gasteiger partial charge in [0.15, 0.2) is 5.82 Å². The van der Waals surface area contributed by atoms with Crippen LogP contribution in [0.4, 0.5) is 11.6 Å². The number of hydrogen-bond acceptors (Lipinski definition) is 6. The smallest absolute Gasteiger partial charge is 0.226 e. The van der Waals surface area contributed by atoms with Crippen LogP contribution in [0.3, 0.4) is 0 Å². The van der Waals surface area contributed by atoms with Crippen LogP contribution in [0.5, 0.6) is 17.2 Å².